The zero-order valence-corrected chi connectivity index (χ0v) is 10.8. The summed E-state index contributed by atoms with van der Waals surface area (Å²) in [5, 5.41) is 12.1. The van der Waals surface area contributed by atoms with Crippen molar-refractivity contribution in [1.82, 2.24) is 4.98 Å². The number of carboxylic acid groups (broad SMARTS) is 1. The minimum atomic E-state index is -1.03. The maximum absolute atomic E-state index is 10.7. The van der Waals surface area contributed by atoms with Crippen LogP contribution in [0, 0.1) is 0 Å². The lowest BCUT2D eigenvalue weighted by Crippen LogP contribution is -1.97. The number of benzene rings is 1. The summed E-state index contributed by atoms with van der Waals surface area (Å²) in [7, 11) is 0. The maximum Gasteiger partial charge on any atom is 0.355 e. The smallest absolute Gasteiger partial charge is 0.355 e. The van der Waals surface area contributed by atoms with Gasteiger partial charge in [-0.1, -0.05) is 29.3 Å². The number of aromatic nitrogens is 1. The Morgan fingerprint density at radius 1 is 1.35 bits per heavy atom. The van der Waals surface area contributed by atoms with Crippen molar-refractivity contribution < 1.29 is 9.90 Å². The summed E-state index contributed by atoms with van der Waals surface area (Å²) in [5.74, 6) is -1.03. The highest BCUT2D eigenvalue weighted by atomic mass is 35.5. The molecule has 0 unspecified atom stereocenters. The van der Waals surface area contributed by atoms with Gasteiger partial charge in [-0.05, 0) is 17.7 Å². The predicted molar refractivity (Wildman–Crippen MR) is 68.3 cm³/mol. The molecule has 0 amide bonds. The minimum Gasteiger partial charge on any atom is -0.476 e. The third-order valence-electron chi connectivity index (χ3n) is 2.16. The summed E-state index contributed by atoms with van der Waals surface area (Å²) in [6.45, 7) is 0. The van der Waals surface area contributed by atoms with Gasteiger partial charge in [0.1, 0.15) is 0 Å². The van der Waals surface area contributed by atoms with E-state index >= 15 is 0 Å². The van der Waals surface area contributed by atoms with E-state index in [0.29, 0.717) is 21.5 Å². The number of carboxylic acids is 1. The van der Waals surface area contributed by atoms with Crippen molar-refractivity contribution in [3.8, 4) is 0 Å². The van der Waals surface area contributed by atoms with Crippen LogP contribution in [0.3, 0.4) is 0 Å². The van der Waals surface area contributed by atoms with Crippen molar-refractivity contribution in [2.45, 2.75) is 6.42 Å². The molecule has 0 atom stereocenters. The summed E-state index contributed by atoms with van der Waals surface area (Å²) in [6.07, 6.45) is 0.441. The number of hydrogen-bond donors (Lipinski definition) is 1. The first-order valence-corrected chi connectivity index (χ1v) is 6.32. The van der Waals surface area contributed by atoms with E-state index in [4.69, 9.17) is 28.3 Å². The molecule has 6 heteroatoms. The van der Waals surface area contributed by atoms with Crippen LogP contribution in [-0.4, -0.2) is 16.1 Å². The van der Waals surface area contributed by atoms with E-state index in [1.807, 2.05) is 0 Å². The van der Waals surface area contributed by atoms with Crippen LogP contribution >= 0.6 is 34.5 Å². The van der Waals surface area contributed by atoms with Crippen LogP contribution < -0.4 is 0 Å². The molecule has 2 rings (SSSR count). The first kappa shape index (κ1) is 12.4. The third-order valence-corrected chi connectivity index (χ3v) is 3.72. The van der Waals surface area contributed by atoms with Crippen LogP contribution in [0.1, 0.15) is 21.1 Å². The Labute approximate surface area is 112 Å². The van der Waals surface area contributed by atoms with Crippen molar-refractivity contribution in [3.05, 3.63) is 49.9 Å². The van der Waals surface area contributed by atoms with Gasteiger partial charge in [-0.3, -0.25) is 0 Å². The fourth-order valence-electron chi connectivity index (χ4n) is 1.34. The number of halogens is 2. The number of aromatic carboxylic acids is 1. The molecular formula is C11H7Cl2NO2S. The molecule has 0 aliphatic rings. The molecule has 0 bridgehead atoms. The number of rotatable bonds is 3. The Bertz CT molecular complexity index is 548. The van der Waals surface area contributed by atoms with Gasteiger partial charge in [-0.2, -0.15) is 0 Å². The summed E-state index contributed by atoms with van der Waals surface area (Å²) in [6, 6.07) is 5.25. The monoisotopic (exact) mass is 287 g/mol. The van der Waals surface area contributed by atoms with Crippen LogP contribution in [0.5, 0.6) is 0 Å². The SMILES string of the molecule is O=C(O)c1csc(Cc2c(Cl)cccc2Cl)n1. The number of hydrogen-bond acceptors (Lipinski definition) is 3. The standard InChI is InChI=1S/C11H7Cl2NO2S/c12-7-2-1-3-8(13)6(7)4-10-14-9(5-17-10)11(15)16/h1-3,5H,4H2,(H,15,16). The van der Waals surface area contributed by atoms with Gasteiger partial charge in [-0.25, -0.2) is 9.78 Å². The van der Waals surface area contributed by atoms with Gasteiger partial charge in [0.25, 0.3) is 0 Å². The van der Waals surface area contributed by atoms with Gasteiger partial charge < -0.3 is 5.11 Å². The highest BCUT2D eigenvalue weighted by Gasteiger charge is 2.12. The Kier molecular flexibility index (Phi) is 3.66. The summed E-state index contributed by atoms with van der Waals surface area (Å²) >= 11 is 13.3. The molecule has 3 nitrogen and oxygen atoms in total. The lowest BCUT2D eigenvalue weighted by atomic mass is 10.1. The maximum atomic E-state index is 10.7. The average molecular weight is 288 g/mol. The van der Waals surface area contributed by atoms with Crippen molar-refractivity contribution in [3.63, 3.8) is 0 Å². The molecule has 0 spiro atoms. The number of nitrogens with zero attached hydrogens (tertiary/aromatic N) is 1. The van der Waals surface area contributed by atoms with Crippen LogP contribution in [-0.2, 0) is 6.42 Å². The van der Waals surface area contributed by atoms with Crippen LogP contribution in [0.25, 0.3) is 0 Å². The second-order valence-corrected chi connectivity index (χ2v) is 5.07. The lowest BCUT2D eigenvalue weighted by Gasteiger charge is -2.03. The van der Waals surface area contributed by atoms with Gasteiger partial charge in [0, 0.05) is 21.8 Å². The van der Waals surface area contributed by atoms with E-state index < -0.39 is 5.97 Å². The molecule has 1 aromatic carbocycles. The fourth-order valence-corrected chi connectivity index (χ4v) is 2.65. The highest BCUT2D eigenvalue weighted by Crippen LogP contribution is 2.27. The fraction of sp³-hybridized carbons (Fsp3) is 0.0909. The van der Waals surface area contributed by atoms with E-state index in [2.05, 4.69) is 4.98 Å². The quantitative estimate of drug-likeness (QED) is 0.936. The van der Waals surface area contributed by atoms with Crippen LogP contribution in [0.4, 0.5) is 0 Å². The molecule has 0 saturated carbocycles. The summed E-state index contributed by atoms with van der Waals surface area (Å²) in [4.78, 5) is 14.7. The van der Waals surface area contributed by atoms with Gasteiger partial charge >= 0.3 is 5.97 Å². The molecule has 0 aliphatic carbocycles. The summed E-state index contributed by atoms with van der Waals surface area (Å²) in [5.41, 5.74) is 0.815. The van der Waals surface area contributed by atoms with Gasteiger partial charge in [0.2, 0.25) is 0 Å². The second kappa shape index (κ2) is 5.04. The topological polar surface area (TPSA) is 50.2 Å². The molecular weight excluding hydrogens is 281 g/mol. The van der Waals surface area contributed by atoms with Crippen molar-refractivity contribution in [1.29, 1.82) is 0 Å². The third kappa shape index (κ3) is 2.77. The molecule has 1 heterocycles. The molecule has 2 aromatic rings. The minimum absolute atomic E-state index is 0.0492. The Morgan fingerprint density at radius 3 is 2.53 bits per heavy atom. The number of carbonyl (C=O) groups is 1. The van der Waals surface area contributed by atoms with Gasteiger partial charge in [0.05, 0.1) is 5.01 Å². The average Bonchev–Trinajstić information content (AvgIpc) is 2.72. The lowest BCUT2D eigenvalue weighted by molar-refractivity contribution is 0.0691. The molecule has 1 aromatic heterocycles. The van der Waals surface area contributed by atoms with Crippen molar-refractivity contribution in [2.24, 2.45) is 0 Å². The molecule has 0 aliphatic heterocycles. The Morgan fingerprint density at radius 2 is 2.00 bits per heavy atom. The Hall–Kier alpha value is -1.10. The molecule has 88 valence electrons. The first-order valence-electron chi connectivity index (χ1n) is 4.68. The molecule has 1 N–H and O–H groups in total. The van der Waals surface area contributed by atoms with E-state index in [0.717, 1.165) is 5.56 Å². The normalized spacial score (nSPS) is 10.5. The largest absolute Gasteiger partial charge is 0.476 e. The zero-order valence-electron chi connectivity index (χ0n) is 8.48. The van der Waals surface area contributed by atoms with E-state index in [1.165, 1.54) is 16.7 Å². The van der Waals surface area contributed by atoms with Gasteiger partial charge in [-0.15, -0.1) is 11.3 Å². The van der Waals surface area contributed by atoms with Crippen LogP contribution in [0.2, 0.25) is 10.0 Å². The number of thiazole rings is 1. The zero-order chi connectivity index (χ0) is 12.4. The van der Waals surface area contributed by atoms with Crippen molar-refractivity contribution in [2.75, 3.05) is 0 Å². The Balaban J connectivity index is 2.28. The highest BCUT2D eigenvalue weighted by molar-refractivity contribution is 7.09. The second-order valence-electron chi connectivity index (χ2n) is 3.31. The van der Waals surface area contributed by atoms with E-state index in [-0.39, 0.29) is 5.69 Å². The van der Waals surface area contributed by atoms with E-state index in [9.17, 15) is 4.79 Å². The molecule has 17 heavy (non-hydrogen) atoms. The predicted octanol–water partition coefficient (Wildman–Crippen LogP) is 3.74. The van der Waals surface area contributed by atoms with Crippen LogP contribution in [0.15, 0.2) is 23.6 Å². The molecule has 0 fully saturated rings. The van der Waals surface area contributed by atoms with Crippen molar-refractivity contribution >= 4 is 40.5 Å². The van der Waals surface area contributed by atoms with E-state index in [1.54, 1.807) is 18.2 Å². The molecule has 0 saturated heterocycles. The first-order chi connectivity index (χ1) is 8.08. The molecule has 0 radical (unpaired) electrons. The summed E-state index contributed by atoms with van der Waals surface area (Å²) < 4.78 is 0. The van der Waals surface area contributed by atoms with Gasteiger partial charge in [0.15, 0.2) is 5.69 Å².